The number of alkyl halides is 1. The lowest BCUT2D eigenvalue weighted by Crippen LogP contribution is -2.44. The fraction of sp³-hybridized carbons (Fsp3) is 0.560. The van der Waals surface area contributed by atoms with Crippen LogP contribution >= 0.6 is 7.75 Å². The smallest absolute Gasteiger partial charge is 0.459 e. The van der Waals surface area contributed by atoms with E-state index in [4.69, 9.17) is 18.5 Å². The molecule has 0 amide bonds. The third kappa shape index (κ3) is 7.05. The molecule has 1 saturated carbocycles. The highest BCUT2D eigenvalue weighted by atomic mass is 31.2. The number of aliphatic hydroxyl groups is 1. The van der Waals surface area contributed by atoms with Gasteiger partial charge in [-0.2, -0.15) is 5.09 Å². The summed E-state index contributed by atoms with van der Waals surface area (Å²) in [6.45, 7) is 1.69. The maximum atomic E-state index is 15.5. The molecule has 1 aliphatic heterocycles. The molecule has 15 heteroatoms. The molecule has 1 aromatic heterocycles. The molecule has 3 N–H and O–H groups in total. The summed E-state index contributed by atoms with van der Waals surface area (Å²) in [6.07, 6.45) is 0.145. The molecular weight excluding hydrogens is 555 g/mol. The van der Waals surface area contributed by atoms with Gasteiger partial charge < -0.3 is 19.1 Å². The molecule has 0 radical (unpaired) electrons. The first-order valence-electron chi connectivity index (χ1n) is 12.9. The van der Waals surface area contributed by atoms with Crippen LogP contribution in [-0.4, -0.2) is 57.3 Å². The van der Waals surface area contributed by atoms with Crippen LogP contribution in [0.2, 0.25) is 0 Å². The highest BCUT2D eigenvalue weighted by Gasteiger charge is 2.56. The summed E-state index contributed by atoms with van der Waals surface area (Å²) in [5.74, 6) is -1.33. The molecule has 1 unspecified atom stereocenters. The van der Waals surface area contributed by atoms with Crippen LogP contribution in [0, 0.1) is 5.82 Å². The third-order valence-corrected chi connectivity index (χ3v) is 8.45. The van der Waals surface area contributed by atoms with Crippen molar-refractivity contribution in [2.75, 3.05) is 6.61 Å². The molecule has 2 aromatic rings. The molecular formula is C25H32F2N3O9P. The van der Waals surface area contributed by atoms with Gasteiger partial charge in [0, 0.05) is 12.3 Å². The Morgan fingerprint density at radius 3 is 2.58 bits per heavy atom. The summed E-state index contributed by atoms with van der Waals surface area (Å²) in [7, 11) is -4.45. The van der Waals surface area contributed by atoms with Crippen LogP contribution < -0.4 is 20.9 Å². The van der Waals surface area contributed by atoms with Gasteiger partial charge in [-0.1, -0.05) is 6.42 Å². The zero-order valence-electron chi connectivity index (χ0n) is 22.0. The van der Waals surface area contributed by atoms with Crippen LogP contribution in [0.25, 0.3) is 0 Å². The molecule has 1 aliphatic carbocycles. The van der Waals surface area contributed by atoms with Crippen LogP contribution in [-0.2, 0) is 23.4 Å². The van der Waals surface area contributed by atoms with Crippen LogP contribution in [0.4, 0.5) is 8.78 Å². The van der Waals surface area contributed by atoms with E-state index in [1.165, 1.54) is 19.1 Å². The Bertz CT molecular complexity index is 1340. The number of hydrogen-bond donors (Lipinski definition) is 3. The number of benzene rings is 1. The van der Waals surface area contributed by atoms with Crippen molar-refractivity contribution in [3.8, 4) is 5.75 Å². The molecule has 12 nitrogen and oxygen atoms in total. The second-order valence-corrected chi connectivity index (χ2v) is 11.7. The van der Waals surface area contributed by atoms with Crippen molar-refractivity contribution in [3.05, 3.63) is 63.2 Å². The normalized spacial score (nSPS) is 27.6. The van der Waals surface area contributed by atoms with Gasteiger partial charge in [0.15, 0.2) is 11.9 Å². The Balaban J connectivity index is 1.49. The quantitative estimate of drug-likeness (QED) is 0.279. The monoisotopic (exact) mass is 587 g/mol. The number of halogens is 2. The van der Waals surface area contributed by atoms with E-state index in [0.29, 0.717) is 0 Å². The van der Waals surface area contributed by atoms with Gasteiger partial charge >= 0.3 is 19.4 Å². The molecule has 1 aromatic carbocycles. The van der Waals surface area contributed by atoms with E-state index in [0.717, 1.165) is 68.0 Å². The van der Waals surface area contributed by atoms with E-state index in [9.17, 15) is 28.4 Å². The Kier molecular flexibility index (Phi) is 9.26. The minimum atomic E-state index is -4.45. The number of ether oxygens (including phenoxy) is 2. The molecule has 1 saturated heterocycles. The molecule has 2 heterocycles. The van der Waals surface area contributed by atoms with Crippen molar-refractivity contribution >= 4 is 13.7 Å². The maximum Gasteiger partial charge on any atom is 0.459 e. The Labute approximate surface area is 228 Å². The number of aromatic amines is 1. The van der Waals surface area contributed by atoms with Gasteiger partial charge in [0.1, 0.15) is 35.9 Å². The van der Waals surface area contributed by atoms with Crippen LogP contribution in [0.1, 0.15) is 52.2 Å². The SMILES string of the molecule is CC(N[P@@](=O)(OC[C@H]1O[C@@H](n2ccc(=O)[nH]c2=O)[C@](C)(F)[C@@H]1O)Oc1ccc(F)cc1)C(=O)OC1CCCCC1. The number of carbonyl (C=O) groups excluding carboxylic acids is 1. The molecule has 2 aliphatic rings. The summed E-state index contributed by atoms with van der Waals surface area (Å²) >= 11 is 0. The van der Waals surface area contributed by atoms with Gasteiger partial charge in [-0.15, -0.1) is 0 Å². The number of hydrogen-bond acceptors (Lipinski definition) is 9. The molecule has 0 spiro atoms. The first-order valence-corrected chi connectivity index (χ1v) is 14.4. The van der Waals surface area contributed by atoms with E-state index >= 15 is 4.39 Å². The highest BCUT2D eigenvalue weighted by Crippen LogP contribution is 2.47. The van der Waals surface area contributed by atoms with Crippen molar-refractivity contribution in [2.45, 2.75) is 82.2 Å². The Morgan fingerprint density at radius 2 is 1.93 bits per heavy atom. The van der Waals surface area contributed by atoms with Crippen LogP contribution in [0.5, 0.6) is 5.75 Å². The van der Waals surface area contributed by atoms with Crippen molar-refractivity contribution in [1.82, 2.24) is 14.6 Å². The zero-order valence-corrected chi connectivity index (χ0v) is 22.9. The van der Waals surface area contributed by atoms with E-state index in [2.05, 4.69) is 5.09 Å². The molecule has 2 fully saturated rings. The average molecular weight is 588 g/mol. The summed E-state index contributed by atoms with van der Waals surface area (Å²) < 4.78 is 65.5. The van der Waals surface area contributed by atoms with E-state index in [-0.39, 0.29) is 11.9 Å². The number of esters is 1. The lowest BCUT2D eigenvalue weighted by atomic mass is 9.98. The van der Waals surface area contributed by atoms with Crippen LogP contribution in [0.3, 0.4) is 0 Å². The number of rotatable bonds is 10. The first-order chi connectivity index (χ1) is 18.9. The number of nitrogens with one attached hydrogen (secondary N) is 2. The maximum absolute atomic E-state index is 15.5. The van der Waals surface area contributed by atoms with Gasteiger partial charge in [-0.3, -0.25) is 23.7 Å². The van der Waals surface area contributed by atoms with Crippen molar-refractivity contribution < 1.29 is 41.8 Å². The number of carbonyl (C=O) groups is 1. The first kappa shape index (κ1) is 30.1. The summed E-state index contributed by atoms with van der Waals surface area (Å²) in [6, 6.07) is 4.32. The molecule has 4 rings (SSSR count). The number of aromatic nitrogens is 2. The summed E-state index contributed by atoms with van der Waals surface area (Å²) in [4.78, 5) is 38.3. The molecule has 40 heavy (non-hydrogen) atoms. The van der Waals surface area contributed by atoms with E-state index in [1.54, 1.807) is 0 Å². The standard InChI is InChI=1S/C25H32F2N3O9P/c1-15(22(33)37-17-6-4-3-5-7-17)29-40(35,39-18-10-8-16(26)9-11-18)36-14-19-21(32)25(2,27)23(38-19)30-13-12-20(31)28-24(30)34/h8-13,15,17,19,21,23,32H,3-7,14H2,1-2H3,(H,29,35)(H,28,31,34)/t15?,19-,21-,23-,25-,40-/m1/s1. The summed E-state index contributed by atoms with van der Waals surface area (Å²) in [5, 5.41) is 13.1. The van der Waals surface area contributed by atoms with Gasteiger partial charge in [0.2, 0.25) is 0 Å². The van der Waals surface area contributed by atoms with Crippen molar-refractivity contribution in [3.63, 3.8) is 0 Å². The van der Waals surface area contributed by atoms with Gasteiger partial charge in [0.25, 0.3) is 5.56 Å². The molecule has 220 valence electrons. The highest BCUT2D eigenvalue weighted by molar-refractivity contribution is 7.52. The Morgan fingerprint density at radius 1 is 1.25 bits per heavy atom. The second kappa shape index (κ2) is 12.3. The average Bonchev–Trinajstić information content (AvgIpc) is 3.13. The van der Waals surface area contributed by atoms with Gasteiger partial charge in [-0.05, 0) is 63.8 Å². The number of H-pyrrole nitrogens is 1. The lowest BCUT2D eigenvalue weighted by molar-refractivity contribution is -0.152. The summed E-state index contributed by atoms with van der Waals surface area (Å²) in [5.41, 5.74) is -4.20. The van der Waals surface area contributed by atoms with E-state index in [1.807, 2.05) is 4.98 Å². The lowest BCUT2D eigenvalue weighted by Gasteiger charge is -2.27. The largest absolute Gasteiger partial charge is 0.461 e. The topological polar surface area (TPSA) is 158 Å². The fourth-order valence-electron chi connectivity index (χ4n) is 4.60. The van der Waals surface area contributed by atoms with E-state index < -0.39 is 67.5 Å². The number of aliphatic hydroxyl groups excluding tert-OH is 1. The van der Waals surface area contributed by atoms with Crippen LogP contribution in [0.15, 0.2) is 46.1 Å². The Hall–Kier alpha value is -2.90. The minimum Gasteiger partial charge on any atom is -0.461 e. The van der Waals surface area contributed by atoms with Crippen molar-refractivity contribution in [1.29, 1.82) is 0 Å². The zero-order chi connectivity index (χ0) is 29.1. The predicted octanol–water partition coefficient (Wildman–Crippen LogP) is 2.72. The molecule has 6 atom stereocenters. The third-order valence-electron chi connectivity index (χ3n) is 6.81. The number of nitrogens with zero attached hydrogens (tertiary/aromatic N) is 1. The van der Waals surface area contributed by atoms with Gasteiger partial charge in [0.05, 0.1) is 6.61 Å². The predicted molar refractivity (Wildman–Crippen MR) is 137 cm³/mol. The second-order valence-electron chi connectivity index (χ2n) is 10.0. The fourth-order valence-corrected chi connectivity index (χ4v) is 6.10. The van der Waals surface area contributed by atoms with Crippen molar-refractivity contribution in [2.24, 2.45) is 0 Å². The van der Waals surface area contributed by atoms with Gasteiger partial charge in [-0.25, -0.2) is 18.1 Å². The minimum absolute atomic E-state index is 0.0639. The molecule has 0 bridgehead atoms.